The van der Waals surface area contributed by atoms with Crippen molar-refractivity contribution in [1.82, 2.24) is 0 Å². The number of hydrogen-bond donors (Lipinski definition) is 1. The van der Waals surface area contributed by atoms with Crippen molar-refractivity contribution >= 4 is 23.0 Å². The highest BCUT2D eigenvalue weighted by molar-refractivity contribution is 6.31. The third kappa shape index (κ3) is 3.00. The summed E-state index contributed by atoms with van der Waals surface area (Å²) < 4.78 is 19.1. The molecule has 6 nitrogen and oxygen atoms in total. The molecule has 0 aromatic heterocycles. The number of nitrogens with two attached hydrogens (primary N) is 1. The molecule has 1 heterocycles. The van der Waals surface area contributed by atoms with Gasteiger partial charge in [0.05, 0.1) is 22.7 Å². The lowest BCUT2D eigenvalue weighted by Gasteiger charge is -2.35. The molecular formula is C12H15ClFN3O3. The maximum absolute atomic E-state index is 13.6. The van der Waals surface area contributed by atoms with Crippen molar-refractivity contribution in [2.24, 2.45) is 5.73 Å². The van der Waals surface area contributed by atoms with Crippen LogP contribution in [-0.2, 0) is 4.74 Å². The van der Waals surface area contributed by atoms with Crippen LogP contribution in [0.15, 0.2) is 12.1 Å². The van der Waals surface area contributed by atoms with Crippen molar-refractivity contribution in [3.05, 3.63) is 33.1 Å². The van der Waals surface area contributed by atoms with Gasteiger partial charge >= 0.3 is 0 Å². The van der Waals surface area contributed by atoms with Gasteiger partial charge in [-0.2, -0.15) is 0 Å². The molecule has 8 heteroatoms. The van der Waals surface area contributed by atoms with Crippen molar-refractivity contribution in [2.75, 3.05) is 24.6 Å². The van der Waals surface area contributed by atoms with Gasteiger partial charge in [0, 0.05) is 31.3 Å². The molecular weight excluding hydrogens is 289 g/mol. The zero-order valence-corrected chi connectivity index (χ0v) is 11.6. The fourth-order valence-corrected chi connectivity index (χ4v) is 2.30. The van der Waals surface area contributed by atoms with Gasteiger partial charge in [-0.3, -0.25) is 10.1 Å². The molecule has 2 atom stereocenters. The normalized spacial score (nSPS) is 20.8. The molecule has 20 heavy (non-hydrogen) atoms. The van der Waals surface area contributed by atoms with Crippen LogP contribution in [0.1, 0.15) is 6.92 Å². The number of anilines is 1. The number of nitrogens with zero attached hydrogens (tertiary/aromatic N) is 2. The minimum atomic E-state index is -0.684. The number of nitro benzene ring substituents is 1. The van der Waals surface area contributed by atoms with Crippen LogP contribution < -0.4 is 10.6 Å². The number of hydrogen-bond acceptors (Lipinski definition) is 5. The van der Waals surface area contributed by atoms with Gasteiger partial charge in [-0.25, -0.2) is 4.39 Å². The fraction of sp³-hybridized carbons (Fsp3) is 0.500. The van der Waals surface area contributed by atoms with Crippen LogP contribution in [0.25, 0.3) is 0 Å². The molecule has 1 aromatic rings. The Hall–Kier alpha value is -1.44. The molecule has 0 bridgehead atoms. The van der Waals surface area contributed by atoms with Gasteiger partial charge in [0.25, 0.3) is 5.69 Å². The molecule has 0 saturated carbocycles. The number of benzene rings is 1. The predicted octanol–water partition coefficient (Wildman–Crippen LogP) is 1.94. The summed E-state index contributed by atoms with van der Waals surface area (Å²) >= 11 is 5.61. The Kier molecular flexibility index (Phi) is 4.42. The van der Waals surface area contributed by atoms with Crippen LogP contribution in [0.4, 0.5) is 15.8 Å². The molecule has 0 spiro atoms. The number of halogens is 2. The van der Waals surface area contributed by atoms with E-state index >= 15 is 0 Å². The van der Waals surface area contributed by atoms with Crippen molar-refractivity contribution in [3.63, 3.8) is 0 Å². The van der Waals surface area contributed by atoms with Gasteiger partial charge in [0.15, 0.2) is 0 Å². The molecule has 0 aliphatic carbocycles. The van der Waals surface area contributed by atoms with E-state index < -0.39 is 10.7 Å². The van der Waals surface area contributed by atoms with Crippen LogP contribution in [0.5, 0.6) is 0 Å². The summed E-state index contributed by atoms with van der Waals surface area (Å²) in [5.74, 6) is -0.684. The second-order valence-corrected chi connectivity index (χ2v) is 5.13. The molecule has 1 aliphatic heterocycles. The number of morpholine rings is 1. The first-order valence-electron chi connectivity index (χ1n) is 6.15. The highest BCUT2D eigenvalue weighted by atomic mass is 35.5. The molecule has 2 rings (SSSR count). The highest BCUT2D eigenvalue weighted by Crippen LogP contribution is 2.34. The van der Waals surface area contributed by atoms with E-state index in [1.807, 2.05) is 0 Å². The SMILES string of the molecule is CC(N)C1CN(c2cc(F)c(Cl)cc2[N+](=O)[O-])CCO1. The summed E-state index contributed by atoms with van der Waals surface area (Å²) in [4.78, 5) is 12.2. The molecule has 2 unspecified atom stereocenters. The van der Waals surface area contributed by atoms with Crippen molar-refractivity contribution in [2.45, 2.75) is 19.1 Å². The van der Waals surface area contributed by atoms with E-state index in [4.69, 9.17) is 22.1 Å². The largest absolute Gasteiger partial charge is 0.373 e. The van der Waals surface area contributed by atoms with Crippen molar-refractivity contribution in [3.8, 4) is 0 Å². The van der Waals surface area contributed by atoms with Crippen molar-refractivity contribution < 1.29 is 14.1 Å². The minimum Gasteiger partial charge on any atom is -0.373 e. The minimum absolute atomic E-state index is 0.200. The summed E-state index contributed by atoms with van der Waals surface area (Å²) in [5.41, 5.74) is 5.76. The van der Waals surface area contributed by atoms with Gasteiger partial charge in [-0.05, 0) is 6.92 Å². The molecule has 1 fully saturated rings. The third-order valence-electron chi connectivity index (χ3n) is 3.23. The molecule has 110 valence electrons. The zero-order chi connectivity index (χ0) is 14.9. The summed E-state index contributed by atoms with van der Waals surface area (Å²) in [7, 11) is 0. The Balaban J connectivity index is 2.36. The van der Waals surface area contributed by atoms with Gasteiger partial charge in [0.2, 0.25) is 0 Å². The monoisotopic (exact) mass is 303 g/mol. The number of rotatable bonds is 3. The van der Waals surface area contributed by atoms with Gasteiger partial charge in [-0.15, -0.1) is 0 Å². The molecule has 1 aromatic carbocycles. The fourth-order valence-electron chi connectivity index (χ4n) is 2.14. The van der Waals surface area contributed by atoms with Gasteiger partial charge < -0.3 is 15.4 Å². The van der Waals surface area contributed by atoms with Crippen LogP contribution in [0.2, 0.25) is 5.02 Å². The Morgan fingerprint density at radius 3 is 2.95 bits per heavy atom. The maximum atomic E-state index is 13.6. The van der Waals surface area contributed by atoms with E-state index in [1.165, 1.54) is 0 Å². The lowest BCUT2D eigenvalue weighted by Crippen LogP contribution is -2.49. The summed E-state index contributed by atoms with van der Waals surface area (Å²) in [6, 6.07) is 1.90. The lowest BCUT2D eigenvalue weighted by atomic mass is 10.1. The number of nitro groups is 1. The first kappa shape index (κ1) is 15.0. The van der Waals surface area contributed by atoms with Gasteiger partial charge in [0.1, 0.15) is 11.5 Å². The zero-order valence-electron chi connectivity index (χ0n) is 10.9. The number of ether oxygens (including phenoxy) is 1. The average Bonchev–Trinajstić information content (AvgIpc) is 2.41. The van der Waals surface area contributed by atoms with Crippen LogP contribution >= 0.6 is 11.6 Å². The predicted molar refractivity (Wildman–Crippen MR) is 73.7 cm³/mol. The molecule has 2 N–H and O–H groups in total. The third-order valence-corrected chi connectivity index (χ3v) is 3.52. The Labute approximate surface area is 120 Å². The smallest absolute Gasteiger partial charge is 0.294 e. The topological polar surface area (TPSA) is 81.6 Å². The molecule has 1 saturated heterocycles. The highest BCUT2D eigenvalue weighted by Gasteiger charge is 2.29. The first-order chi connectivity index (χ1) is 9.40. The summed E-state index contributed by atoms with van der Waals surface area (Å²) in [5, 5.41) is 10.8. The van der Waals surface area contributed by atoms with E-state index in [-0.39, 0.29) is 28.5 Å². The van der Waals surface area contributed by atoms with Gasteiger partial charge in [-0.1, -0.05) is 11.6 Å². The Morgan fingerprint density at radius 1 is 1.65 bits per heavy atom. The summed E-state index contributed by atoms with van der Waals surface area (Å²) in [6.45, 7) is 2.99. The average molecular weight is 304 g/mol. The van der Waals surface area contributed by atoms with E-state index in [0.717, 1.165) is 12.1 Å². The second-order valence-electron chi connectivity index (χ2n) is 4.73. The lowest BCUT2D eigenvalue weighted by molar-refractivity contribution is -0.384. The van der Waals surface area contributed by atoms with E-state index in [0.29, 0.717) is 19.7 Å². The Bertz CT molecular complexity index is 527. The molecule has 0 radical (unpaired) electrons. The quantitative estimate of drug-likeness (QED) is 0.681. The summed E-state index contributed by atoms with van der Waals surface area (Å²) in [6.07, 6.45) is -0.248. The molecule has 1 aliphatic rings. The van der Waals surface area contributed by atoms with Crippen molar-refractivity contribution in [1.29, 1.82) is 0 Å². The van der Waals surface area contributed by atoms with E-state index in [1.54, 1.807) is 11.8 Å². The maximum Gasteiger partial charge on any atom is 0.294 e. The standard InChI is InChI=1S/C12H15ClFN3O3/c1-7(15)12-6-16(2-3-20-12)10-5-9(14)8(13)4-11(10)17(18)19/h4-5,7,12H,2-3,6,15H2,1H3. The van der Waals surface area contributed by atoms with Crippen LogP contribution in [0.3, 0.4) is 0 Å². The van der Waals surface area contributed by atoms with E-state index in [2.05, 4.69) is 0 Å². The molecule has 0 amide bonds. The van der Waals surface area contributed by atoms with E-state index in [9.17, 15) is 14.5 Å². The van der Waals surface area contributed by atoms with Crippen LogP contribution in [-0.4, -0.2) is 36.8 Å². The first-order valence-corrected chi connectivity index (χ1v) is 6.53. The van der Waals surface area contributed by atoms with Crippen LogP contribution in [0, 0.1) is 15.9 Å². The second kappa shape index (κ2) is 5.90. The Morgan fingerprint density at radius 2 is 2.35 bits per heavy atom.